The van der Waals surface area contributed by atoms with Crippen molar-refractivity contribution in [2.75, 3.05) is 0 Å². The molecule has 4 aromatic rings. The van der Waals surface area contributed by atoms with Crippen molar-refractivity contribution in [3.8, 4) is 22.8 Å². The molecule has 0 radical (unpaired) electrons. The molecule has 2 aromatic heterocycles. The molecule has 8 heteroatoms. The standard InChI is InChI=1S/C21H14ClF3N2O2/c22-18-9-15(14-2-1-7-26-10-14)8-16-12-27(20(28)19(16)18)11-13-3-5-17(6-4-13)29-21(23,24)25/h1-10,12,28H,11H2. The molecular formula is C21H14ClF3N2O2. The summed E-state index contributed by atoms with van der Waals surface area (Å²) in [4.78, 5) is 4.10. The number of ether oxygens (including phenoxy) is 1. The van der Waals surface area contributed by atoms with E-state index in [2.05, 4.69) is 9.72 Å². The quantitative estimate of drug-likeness (QED) is 0.441. The van der Waals surface area contributed by atoms with E-state index in [9.17, 15) is 18.3 Å². The Kier molecular flexibility index (Phi) is 4.84. The normalized spacial score (nSPS) is 11.7. The van der Waals surface area contributed by atoms with Crippen LogP contribution in [0.5, 0.6) is 11.6 Å². The highest BCUT2D eigenvalue weighted by Gasteiger charge is 2.30. The predicted molar refractivity (Wildman–Crippen MR) is 104 cm³/mol. The molecule has 0 fully saturated rings. The van der Waals surface area contributed by atoms with Gasteiger partial charge in [0.1, 0.15) is 5.75 Å². The third-order valence-electron chi connectivity index (χ3n) is 4.42. The zero-order chi connectivity index (χ0) is 20.6. The van der Waals surface area contributed by atoms with Gasteiger partial charge in [0.05, 0.1) is 17.0 Å². The summed E-state index contributed by atoms with van der Waals surface area (Å²) in [5, 5.41) is 12.2. The van der Waals surface area contributed by atoms with Gasteiger partial charge in [-0.25, -0.2) is 0 Å². The number of aromatic nitrogens is 2. The molecule has 2 heterocycles. The van der Waals surface area contributed by atoms with E-state index in [1.807, 2.05) is 18.2 Å². The fourth-order valence-corrected chi connectivity index (χ4v) is 3.46. The lowest BCUT2D eigenvalue weighted by Gasteiger charge is -2.10. The molecule has 4 nitrogen and oxygen atoms in total. The number of rotatable bonds is 4. The van der Waals surface area contributed by atoms with E-state index in [1.54, 1.807) is 29.2 Å². The second-order valence-electron chi connectivity index (χ2n) is 6.44. The van der Waals surface area contributed by atoms with E-state index < -0.39 is 6.36 Å². The minimum atomic E-state index is -4.74. The molecule has 0 saturated carbocycles. The fourth-order valence-electron chi connectivity index (χ4n) is 3.15. The molecule has 0 saturated heterocycles. The highest BCUT2D eigenvalue weighted by molar-refractivity contribution is 6.36. The van der Waals surface area contributed by atoms with Gasteiger partial charge < -0.3 is 14.4 Å². The van der Waals surface area contributed by atoms with E-state index in [0.717, 1.165) is 16.5 Å². The molecule has 0 unspecified atom stereocenters. The van der Waals surface area contributed by atoms with Crippen LogP contribution >= 0.6 is 11.6 Å². The Bertz CT molecular complexity index is 1160. The number of fused-ring (bicyclic) bond motifs is 1. The van der Waals surface area contributed by atoms with Crippen LogP contribution in [0.3, 0.4) is 0 Å². The summed E-state index contributed by atoms with van der Waals surface area (Å²) in [6.45, 7) is 0.255. The summed E-state index contributed by atoms with van der Waals surface area (Å²) in [6, 6.07) is 12.9. The van der Waals surface area contributed by atoms with Crippen LogP contribution in [0.2, 0.25) is 5.02 Å². The van der Waals surface area contributed by atoms with Crippen molar-refractivity contribution in [1.29, 1.82) is 0 Å². The van der Waals surface area contributed by atoms with Crippen LogP contribution in [0.1, 0.15) is 5.56 Å². The number of nitrogens with zero attached hydrogens (tertiary/aromatic N) is 2. The maximum atomic E-state index is 12.3. The average molecular weight is 419 g/mol. The molecule has 0 spiro atoms. The van der Waals surface area contributed by atoms with Crippen molar-refractivity contribution in [2.45, 2.75) is 12.9 Å². The molecule has 29 heavy (non-hydrogen) atoms. The Morgan fingerprint density at radius 1 is 1.07 bits per heavy atom. The van der Waals surface area contributed by atoms with Crippen LogP contribution in [0, 0.1) is 0 Å². The first-order valence-electron chi connectivity index (χ1n) is 8.56. The Balaban J connectivity index is 1.65. The number of hydrogen-bond donors (Lipinski definition) is 1. The first kappa shape index (κ1) is 19.1. The third-order valence-corrected chi connectivity index (χ3v) is 4.71. The second kappa shape index (κ2) is 7.33. The van der Waals surface area contributed by atoms with Gasteiger partial charge in [-0.3, -0.25) is 4.98 Å². The lowest BCUT2D eigenvalue weighted by molar-refractivity contribution is -0.274. The zero-order valence-electron chi connectivity index (χ0n) is 14.8. The summed E-state index contributed by atoms with van der Waals surface area (Å²) < 4.78 is 42.3. The molecule has 2 aromatic carbocycles. The third kappa shape index (κ3) is 4.14. The zero-order valence-corrected chi connectivity index (χ0v) is 15.6. The fraction of sp³-hybridized carbons (Fsp3) is 0.0952. The van der Waals surface area contributed by atoms with Gasteiger partial charge in [0.2, 0.25) is 5.88 Å². The maximum absolute atomic E-state index is 12.3. The number of alkyl halides is 3. The van der Waals surface area contributed by atoms with E-state index in [4.69, 9.17) is 11.6 Å². The molecule has 0 aliphatic heterocycles. The van der Waals surface area contributed by atoms with Crippen molar-refractivity contribution in [1.82, 2.24) is 9.55 Å². The lowest BCUT2D eigenvalue weighted by atomic mass is 10.1. The Labute approximate surface area is 168 Å². The van der Waals surface area contributed by atoms with E-state index in [0.29, 0.717) is 16.0 Å². The molecule has 148 valence electrons. The summed E-state index contributed by atoms with van der Waals surface area (Å²) >= 11 is 6.40. The van der Waals surface area contributed by atoms with Gasteiger partial charge in [0, 0.05) is 29.5 Å². The number of halogens is 4. The number of benzene rings is 2. The van der Waals surface area contributed by atoms with Crippen molar-refractivity contribution in [3.05, 3.63) is 77.7 Å². The maximum Gasteiger partial charge on any atom is 0.573 e. The van der Waals surface area contributed by atoms with Gasteiger partial charge >= 0.3 is 6.36 Å². The van der Waals surface area contributed by atoms with Gasteiger partial charge in [-0.2, -0.15) is 0 Å². The van der Waals surface area contributed by atoms with Crippen LogP contribution in [0.4, 0.5) is 13.2 Å². The molecular weight excluding hydrogens is 405 g/mol. The van der Waals surface area contributed by atoms with Crippen molar-refractivity contribution < 1.29 is 23.0 Å². The molecule has 1 N–H and O–H groups in total. The Morgan fingerprint density at radius 3 is 2.48 bits per heavy atom. The second-order valence-corrected chi connectivity index (χ2v) is 6.84. The minimum absolute atomic E-state index is 0.0154. The number of aromatic hydroxyl groups is 1. The molecule has 0 atom stereocenters. The van der Waals surface area contributed by atoms with Gasteiger partial charge in [0.15, 0.2) is 0 Å². The highest BCUT2D eigenvalue weighted by Crippen LogP contribution is 2.37. The first-order chi connectivity index (χ1) is 13.8. The smallest absolute Gasteiger partial charge is 0.494 e. The largest absolute Gasteiger partial charge is 0.573 e. The van der Waals surface area contributed by atoms with Crippen LogP contribution in [0.15, 0.2) is 67.1 Å². The molecule has 0 bridgehead atoms. The number of pyridine rings is 1. The topological polar surface area (TPSA) is 47.3 Å². The van der Waals surface area contributed by atoms with Gasteiger partial charge in [-0.05, 0) is 41.5 Å². The summed E-state index contributed by atoms with van der Waals surface area (Å²) in [5.41, 5.74) is 2.45. The van der Waals surface area contributed by atoms with Crippen molar-refractivity contribution in [3.63, 3.8) is 0 Å². The van der Waals surface area contributed by atoms with E-state index in [-0.39, 0.29) is 18.2 Å². The van der Waals surface area contributed by atoms with E-state index >= 15 is 0 Å². The van der Waals surface area contributed by atoms with Crippen molar-refractivity contribution >= 4 is 22.4 Å². The highest BCUT2D eigenvalue weighted by atomic mass is 35.5. The van der Waals surface area contributed by atoms with Crippen LogP contribution in [0.25, 0.3) is 21.9 Å². The summed E-state index contributed by atoms with van der Waals surface area (Å²) in [7, 11) is 0. The Hall–Kier alpha value is -3.19. The van der Waals surface area contributed by atoms with Crippen LogP contribution in [-0.2, 0) is 6.54 Å². The van der Waals surface area contributed by atoms with Gasteiger partial charge in [-0.15, -0.1) is 13.2 Å². The van der Waals surface area contributed by atoms with Gasteiger partial charge in [-0.1, -0.05) is 29.8 Å². The number of hydrogen-bond acceptors (Lipinski definition) is 3. The van der Waals surface area contributed by atoms with Gasteiger partial charge in [0.25, 0.3) is 0 Å². The molecule has 0 amide bonds. The SMILES string of the molecule is Oc1c2c(Cl)cc(-c3cccnc3)cc2cn1Cc1ccc(OC(F)(F)F)cc1. The van der Waals surface area contributed by atoms with E-state index in [1.165, 1.54) is 24.3 Å². The minimum Gasteiger partial charge on any atom is -0.494 e. The lowest BCUT2D eigenvalue weighted by Crippen LogP contribution is -2.17. The molecule has 0 aliphatic carbocycles. The Morgan fingerprint density at radius 2 is 1.83 bits per heavy atom. The molecule has 4 rings (SSSR count). The first-order valence-corrected chi connectivity index (χ1v) is 8.94. The average Bonchev–Trinajstić information content (AvgIpc) is 2.99. The van der Waals surface area contributed by atoms with Crippen LogP contribution < -0.4 is 4.74 Å². The predicted octanol–water partition coefficient (Wildman–Crippen LogP) is 6.01. The van der Waals surface area contributed by atoms with Crippen LogP contribution in [-0.4, -0.2) is 21.0 Å². The monoisotopic (exact) mass is 418 g/mol. The molecule has 0 aliphatic rings. The summed E-state index contributed by atoms with van der Waals surface area (Å²) in [5.74, 6) is -0.314. The van der Waals surface area contributed by atoms with Crippen molar-refractivity contribution in [2.24, 2.45) is 0 Å². The summed E-state index contributed by atoms with van der Waals surface area (Å²) in [6.07, 6.45) is 0.410.